The fourth-order valence-electron chi connectivity index (χ4n) is 3.65. The van der Waals surface area contributed by atoms with E-state index < -0.39 is 0 Å². The molecule has 1 N–H and O–H groups in total. The van der Waals surface area contributed by atoms with E-state index >= 15 is 0 Å². The lowest BCUT2D eigenvalue weighted by molar-refractivity contribution is 0.0935. The van der Waals surface area contributed by atoms with Crippen LogP contribution in [-0.4, -0.2) is 61.5 Å². The summed E-state index contributed by atoms with van der Waals surface area (Å²) in [4.78, 5) is 17.2. The second-order valence-electron chi connectivity index (χ2n) is 7.07. The van der Waals surface area contributed by atoms with Gasteiger partial charge in [-0.25, -0.2) is 0 Å². The molecule has 23 heavy (non-hydrogen) atoms. The minimum absolute atomic E-state index is 0.0743. The summed E-state index contributed by atoms with van der Waals surface area (Å²) >= 11 is 0. The molecule has 0 bridgehead atoms. The third-order valence-electron chi connectivity index (χ3n) is 5.37. The summed E-state index contributed by atoms with van der Waals surface area (Å²) in [6, 6.07) is 6.72. The lowest BCUT2D eigenvalue weighted by Gasteiger charge is -2.36. The summed E-state index contributed by atoms with van der Waals surface area (Å²) in [5.74, 6) is 0.0743. The first kappa shape index (κ1) is 16.5. The van der Waals surface area contributed by atoms with Crippen molar-refractivity contribution in [2.24, 2.45) is 0 Å². The highest BCUT2D eigenvalue weighted by Crippen LogP contribution is 2.22. The minimum Gasteiger partial charge on any atom is -0.352 e. The lowest BCUT2D eigenvalue weighted by Crippen LogP contribution is -2.48. The maximum absolute atomic E-state index is 12.3. The summed E-state index contributed by atoms with van der Waals surface area (Å²) in [7, 11) is 2.18. The molecule has 1 aliphatic heterocycles. The molecule has 3 rings (SSSR count). The Kier molecular flexibility index (Phi) is 5.34. The Balaban J connectivity index is 1.44. The Morgan fingerprint density at radius 2 is 1.91 bits per heavy atom. The third kappa shape index (κ3) is 4.12. The zero-order valence-electron chi connectivity index (χ0n) is 14.5. The van der Waals surface area contributed by atoms with Crippen molar-refractivity contribution in [1.29, 1.82) is 0 Å². The van der Waals surface area contributed by atoms with Crippen LogP contribution in [0.2, 0.25) is 0 Å². The molecule has 1 amide bonds. The largest absolute Gasteiger partial charge is 0.352 e. The van der Waals surface area contributed by atoms with Crippen LogP contribution in [0.5, 0.6) is 0 Å². The van der Waals surface area contributed by atoms with Crippen molar-refractivity contribution < 1.29 is 4.79 Å². The number of carbonyl (C=O) groups is 1. The van der Waals surface area contributed by atoms with E-state index in [1.54, 1.807) is 0 Å². The first-order valence-corrected chi connectivity index (χ1v) is 8.96. The summed E-state index contributed by atoms with van der Waals surface area (Å²) in [6.07, 6.45) is 4.53. The Labute approximate surface area is 139 Å². The molecular weight excluding hydrogens is 286 g/mol. The number of likely N-dealkylation sites (N-methyl/N-ethyl adjacent to an activating group) is 1. The second-order valence-corrected chi connectivity index (χ2v) is 7.07. The van der Waals surface area contributed by atoms with E-state index in [0.29, 0.717) is 6.04 Å². The molecule has 0 aromatic heterocycles. The van der Waals surface area contributed by atoms with Gasteiger partial charge >= 0.3 is 0 Å². The van der Waals surface area contributed by atoms with E-state index in [1.807, 2.05) is 6.07 Å². The SMILES string of the molecule is C[C@@H](CCNC(=O)c1ccc2c(c1)CCC2)N1CCN(C)CC1. The number of hydrogen-bond acceptors (Lipinski definition) is 3. The number of fused-ring (bicyclic) bond motifs is 1. The van der Waals surface area contributed by atoms with Gasteiger partial charge in [-0.15, -0.1) is 0 Å². The van der Waals surface area contributed by atoms with E-state index in [2.05, 4.69) is 41.2 Å². The molecule has 1 aliphatic carbocycles. The number of carbonyl (C=O) groups excluding carboxylic acids is 1. The Morgan fingerprint density at radius 3 is 2.70 bits per heavy atom. The number of hydrogen-bond donors (Lipinski definition) is 1. The number of nitrogens with zero attached hydrogens (tertiary/aromatic N) is 2. The molecule has 0 spiro atoms. The third-order valence-corrected chi connectivity index (χ3v) is 5.37. The molecule has 0 unspecified atom stereocenters. The van der Waals surface area contributed by atoms with E-state index in [9.17, 15) is 4.79 Å². The molecule has 126 valence electrons. The van der Waals surface area contributed by atoms with Crippen molar-refractivity contribution in [3.05, 3.63) is 34.9 Å². The zero-order chi connectivity index (χ0) is 16.2. The van der Waals surface area contributed by atoms with Gasteiger partial charge in [0.1, 0.15) is 0 Å². The summed E-state index contributed by atoms with van der Waals surface area (Å²) < 4.78 is 0. The van der Waals surface area contributed by atoms with Crippen molar-refractivity contribution in [3.8, 4) is 0 Å². The van der Waals surface area contributed by atoms with Gasteiger partial charge in [0, 0.05) is 44.3 Å². The summed E-state index contributed by atoms with van der Waals surface area (Å²) in [6.45, 7) is 7.58. The van der Waals surface area contributed by atoms with Crippen LogP contribution in [0.15, 0.2) is 18.2 Å². The van der Waals surface area contributed by atoms with Crippen LogP contribution in [0, 0.1) is 0 Å². The number of benzene rings is 1. The van der Waals surface area contributed by atoms with Gasteiger partial charge < -0.3 is 10.2 Å². The molecule has 1 heterocycles. The molecule has 1 aromatic rings. The van der Waals surface area contributed by atoms with Gasteiger partial charge in [-0.2, -0.15) is 0 Å². The normalized spacial score (nSPS) is 20.3. The fourth-order valence-corrected chi connectivity index (χ4v) is 3.65. The number of aryl methyl sites for hydroxylation is 2. The summed E-state index contributed by atoms with van der Waals surface area (Å²) in [5, 5.41) is 3.09. The number of nitrogens with one attached hydrogen (secondary N) is 1. The number of piperazine rings is 1. The zero-order valence-corrected chi connectivity index (χ0v) is 14.5. The highest BCUT2D eigenvalue weighted by molar-refractivity contribution is 5.94. The van der Waals surface area contributed by atoms with E-state index in [1.165, 1.54) is 24.0 Å². The Bertz CT molecular complexity index is 550. The molecule has 0 radical (unpaired) electrons. The average molecular weight is 315 g/mol. The molecule has 4 nitrogen and oxygen atoms in total. The molecule has 2 aliphatic rings. The van der Waals surface area contributed by atoms with Crippen molar-refractivity contribution in [1.82, 2.24) is 15.1 Å². The molecule has 1 aromatic carbocycles. The van der Waals surface area contributed by atoms with Gasteiger partial charge in [-0.3, -0.25) is 9.69 Å². The fraction of sp³-hybridized carbons (Fsp3) is 0.632. The highest BCUT2D eigenvalue weighted by Gasteiger charge is 2.19. The number of rotatable bonds is 5. The molecule has 1 saturated heterocycles. The van der Waals surface area contributed by atoms with Crippen molar-refractivity contribution in [2.75, 3.05) is 39.8 Å². The summed E-state index contributed by atoms with van der Waals surface area (Å²) in [5.41, 5.74) is 3.60. The van der Waals surface area contributed by atoms with E-state index in [0.717, 1.165) is 51.1 Å². The van der Waals surface area contributed by atoms with Crippen molar-refractivity contribution in [2.45, 2.75) is 38.6 Å². The predicted molar refractivity (Wildman–Crippen MR) is 93.9 cm³/mol. The van der Waals surface area contributed by atoms with Gasteiger partial charge in [-0.1, -0.05) is 6.07 Å². The number of amides is 1. The van der Waals surface area contributed by atoms with Crippen LogP contribution in [0.1, 0.15) is 41.3 Å². The molecular formula is C19H29N3O. The quantitative estimate of drug-likeness (QED) is 0.902. The van der Waals surface area contributed by atoms with Crippen molar-refractivity contribution in [3.63, 3.8) is 0 Å². The predicted octanol–water partition coefficient (Wildman–Crippen LogP) is 1.93. The molecule has 0 saturated carbocycles. The lowest BCUT2D eigenvalue weighted by atomic mass is 10.1. The maximum Gasteiger partial charge on any atom is 0.251 e. The van der Waals surface area contributed by atoms with Gasteiger partial charge in [0.15, 0.2) is 0 Å². The first-order chi connectivity index (χ1) is 11.1. The monoisotopic (exact) mass is 315 g/mol. The Hall–Kier alpha value is -1.39. The van der Waals surface area contributed by atoms with Crippen LogP contribution in [-0.2, 0) is 12.8 Å². The second kappa shape index (κ2) is 7.45. The standard InChI is InChI=1S/C19H29N3O/c1-15(22-12-10-21(2)11-13-22)8-9-20-19(23)18-7-6-16-4-3-5-17(16)14-18/h6-7,14-15H,3-5,8-13H2,1-2H3,(H,20,23)/t15-/m0/s1. The topological polar surface area (TPSA) is 35.6 Å². The van der Waals surface area contributed by atoms with Crippen LogP contribution in [0.25, 0.3) is 0 Å². The maximum atomic E-state index is 12.3. The minimum atomic E-state index is 0.0743. The van der Waals surface area contributed by atoms with Crippen LogP contribution < -0.4 is 5.32 Å². The van der Waals surface area contributed by atoms with Gasteiger partial charge in [-0.05, 0) is 62.9 Å². The van der Waals surface area contributed by atoms with E-state index in [-0.39, 0.29) is 5.91 Å². The Morgan fingerprint density at radius 1 is 1.17 bits per heavy atom. The first-order valence-electron chi connectivity index (χ1n) is 8.96. The smallest absolute Gasteiger partial charge is 0.251 e. The van der Waals surface area contributed by atoms with Gasteiger partial charge in [0.2, 0.25) is 0 Å². The van der Waals surface area contributed by atoms with Crippen LogP contribution in [0.3, 0.4) is 0 Å². The molecule has 1 atom stereocenters. The van der Waals surface area contributed by atoms with Gasteiger partial charge in [0.05, 0.1) is 0 Å². The molecule has 1 fully saturated rings. The highest BCUT2D eigenvalue weighted by atomic mass is 16.1. The average Bonchev–Trinajstić information content (AvgIpc) is 3.02. The van der Waals surface area contributed by atoms with E-state index in [4.69, 9.17) is 0 Å². The van der Waals surface area contributed by atoms with Crippen LogP contribution >= 0.6 is 0 Å². The van der Waals surface area contributed by atoms with Crippen molar-refractivity contribution >= 4 is 5.91 Å². The molecule has 4 heteroatoms. The van der Waals surface area contributed by atoms with Crippen LogP contribution in [0.4, 0.5) is 0 Å². The van der Waals surface area contributed by atoms with Gasteiger partial charge in [0.25, 0.3) is 5.91 Å².